The molecule has 0 aliphatic carbocycles. The van der Waals surface area contributed by atoms with E-state index in [1.165, 1.54) is 0 Å². The van der Waals surface area contributed by atoms with Crippen LogP contribution in [0.4, 0.5) is 0 Å². The van der Waals surface area contributed by atoms with Gasteiger partial charge in [-0.2, -0.15) is 0 Å². The minimum atomic E-state index is -0.416. The number of aliphatic hydroxyl groups is 1. The SMILES string of the molecule is C=CCC(O)c1cc(I)cc(I)c1. The van der Waals surface area contributed by atoms with Gasteiger partial charge in [0.15, 0.2) is 0 Å². The van der Waals surface area contributed by atoms with Crippen molar-refractivity contribution in [3.05, 3.63) is 43.6 Å². The molecular formula is C10H10I2O. The van der Waals surface area contributed by atoms with E-state index in [0.29, 0.717) is 6.42 Å². The molecule has 1 N–H and O–H groups in total. The number of aliphatic hydroxyl groups excluding tert-OH is 1. The first-order chi connectivity index (χ1) is 6.13. The number of benzene rings is 1. The van der Waals surface area contributed by atoms with E-state index in [-0.39, 0.29) is 0 Å². The fourth-order valence-electron chi connectivity index (χ4n) is 1.06. The molecule has 0 saturated carbocycles. The molecule has 0 saturated heterocycles. The van der Waals surface area contributed by atoms with Crippen molar-refractivity contribution in [1.29, 1.82) is 0 Å². The lowest BCUT2D eigenvalue weighted by atomic mass is 10.1. The highest BCUT2D eigenvalue weighted by Gasteiger charge is 2.06. The fourth-order valence-corrected chi connectivity index (χ4v) is 3.05. The lowest BCUT2D eigenvalue weighted by molar-refractivity contribution is 0.181. The molecule has 0 amide bonds. The lowest BCUT2D eigenvalue weighted by Crippen LogP contribution is -1.96. The van der Waals surface area contributed by atoms with Gasteiger partial charge in [-0.05, 0) is 75.4 Å². The predicted molar refractivity (Wildman–Crippen MR) is 71.6 cm³/mol. The highest BCUT2D eigenvalue weighted by Crippen LogP contribution is 2.22. The molecule has 3 heteroatoms. The molecule has 0 bridgehead atoms. The van der Waals surface area contributed by atoms with Crippen LogP contribution < -0.4 is 0 Å². The average Bonchev–Trinajstić information content (AvgIpc) is 2.03. The van der Waals surface area contributed by atoms with Gasteiger partial charge in [0.05, 0.1) is 6.10 Å². The van der Waals surface area contributed by atoms with Gasteiger partial charge in [0.1, 0.15) is 0 Å². The van der Waals surface area contributed by atoms with E-state index in [2.05, 4.69) is 57.8 Å². The molecule has 70 valence electrons. The van der Waals surface area contributed by atoms with Crippen molar-refractivity contribution in [2.24, 2.45) is 0 Å². The molecule has 1 atom stereocenters. The summed E-state index contributed by atoms with van der Waals surface area (Å²) in [5.74, 6) is 0. The van der Waals surface area contributed by atoms with Crippen molar-refractivity contribution in [3.63, 3.8) is 0 Å². The highest BCUT2D eigenvalue weighted by molar-refractivity contribution is 14.1. The van der Waals surface area contributed by atoms with E-state index in [0.717, 1.165) is 12.7 Å². The minimum absolute atomic E-state index is 0.416. The van der Waals surface area contributed by atoms with E-state index in [1.54, 1.807) is 6.08 Å². The van der Waals surface area contributed by atoms with Gasteiger partial charge in [0.2, 0.25) is 0 Å². The molecule has 1 aromatic carbocycles. The van der Waals surface area contributed by atoms with Gasteiger partial charge in [-0.25, -0.2) is 0 Å². The molecule has 1 aromatic rings. The number of rotatable bonds is 3. The normalized spacial score (nSPS) is 12.5. The van der Waals surface area contributed by atoms with E-state index in [4.69, 9.17) is 0 Å². The summed E-state index contributed by atoms with van der Waals surface area (Å²) in [7, 11) is 0. The van der Waals surface area contributed by atoms with Gasteiger partial charge in [-0.1, -0.05) is 6.08 Å². The summed E-state index contributed by atoms with van der Waals surface area (Å²) in [6, 6.07) is 6.07. The summed E-state index contributed by atoms with van der Waals surface area (Å²) in [6.07, 6.45) is 1.92. The molecule has 0 aliphatic rings. The van der Waals surface area contributed by atoms with Crippen LogP contribution in [-0.4, -0.2) is 5.11 Å². The largest absolute Gasteiger partial charge is 0.388 e. The second kappa shape index (κ2) is 5.31. The lowest BCUT2D eigenvalue weighted by Gasteiger charge is -2.09. The topological polar surface area (TPSA) is 20.2 Å². The maximum atomic E-state index is 9.69. The number of hydrogen-bond donors (Lipinski definition) is 1. The van der Waals surface area contributed by atoms with Gasteiger partial charge in [-0.3, -0.25) is 0 Å². The van der Waals surface area contributed by atoms with E-state index in [9.17, 15) is 5.11 Å². The molecule has 0 spiro atoms. The first kappa shape index (κ1) is 11.5. The summed E-state index contributed by atoms with van der Waals surface area (Å²) in [4.78, 5) is 0. The molecular weight excluding hydrogens is 390 g/mol. The van der Waals surface area contributed by atoms with E-state index in [1.807, 2.05) is 12.1 Å². The maximum Gasteiger partial charge on any atom is 0.0825 e. The molecule has 0 fully saturated rings. The summed E-state index contributed by atoms with van der Waals surface area (Å²) in [5, 5.41) is 9.69. The van der Waals surface area contributed by atoms with Crippen LogP contribution in [0.25, 0.3) is 0 Å². The zero-order valence-corrected chi connectivity index (χ0v) is 11.3. The maximum absolute atomic E-state index is 9.69. The zero-order chi connectivity index (χ0) is 9.84. The van der Waals surface area contributed by atoms with Gasteiger partial charge >= 0.3 is 0 Å². The van der Waals surface area contributed by atoms with Crippen molar-refractivity contribution < 1.29 is 5.11 Å². The third kappa shape index (κ3) is 3.55. The van der Waals surface area contributed by atoms with Crippen LogP contribution in [-0.2, 0) is 0 Å². The summed E-state index contributed by atoms with van der Waals surface area (Å²) in [5.41, 5.74) is 0.969. The van der Waals surface area contributed by atoms with Gasteiger partial charge in [-0.15, -0.1) is 6.58 Å². The number of hydrogen-bond acceptors (Lipinski definition) is 1. The van der Waals surface area contributed by atoms with Crippen molar-refractivity contribution >= 4 is 45.2 Å². The Morgan fingerprint density at radius 1 is 1.31 bits per heavy atom. The molecule has 1 unspecified atom stereocenters. The Balaban J connectivity index is 2.93. The summed E-state index contributed by atoms with van der Waals surface area (Å²) >= 11 is 4.50. The van der Waals surface area contributed by atoms with Crippen LogP contribution >= 0.6 is 45.2 Å². The third-order valence-electron chi connectivity index (χ3n) is 1.66. The molecule has 0 aliphatic heterocycles. The zero-order valence-electron chi connectivity index (χ0n) is 7.00. The van der Waals surface area contributed by atoms with Crippen molar-refractivity contribution in [2.75, 3.05) is 0 Å². The molecule has 0 heterocycles. The van der Waals surface area contributed by atoms with Crippen molar-refractivity contribution in [2.45, 2.75) is 12.5 Å². The quantitative estimate of drug-likeness (QED) is 0.609. The second-order valence-corrected chi connectivity index (χ2v) is 5.23. The van der Waals surface area contributed by atoms with Crippen LogP contribution in [0.15, 0.2) is 30.9 Å². The Hall–Kier alpha value is 0.380. The average molecular weight is 400 g/mol. The highest BCUT2D eigenvalue weighted by atomic mass is 127. The summed E-state index contributed by atoms with van der Waals surface area (Å²) in [6.45, 7) is 3.61. The third-order valence-corrected chi connectivity index (χ3v) is 2.91. The Bertz CT molecular complexity index is 290. The van der Waals surface area contributed by atoms with Crippen molar-refractivity contribution in [3.8, 4) is 0 Å². The molecule has 1 rings (SSSR count). The molecule has 0 radical (unpaired) electrons. The van der Waals surface area contributed by atoms with Crippen LogP contribution in [0, 0.1) is 7.14 Å². The van der Waals surface area contributed by atoms with Crippen molar-refractivity contribution in [1.82, 2.24) is 0 Å². The van der Waals surface area contributed by atoms with Gasteiger partial charge in [0, 0.05) is 7.14 Å². The fraction of sp³-hybridized carbons (Fsp3) is 0.200. The monoisotopic (exact) mass is 400 g/mol. The Morgan fingerprint density at radius 2 is 1.85 bits per heavy atom. The standard InChI is InChI=1S/C10H10I2O/c1-2-3-10(13)7-4-8(11)6-9(12)5-7/h2,4-6,10,13H,1,3H2. The Morgan fingerprint density at radius 3 is 2.31 bits per heavy atom. The smallest absolute Gasteiger partial charge is 0.0825 e. The van der Waals surface area contributed by atoms with Gasteiger partial charge in [0.25, 0.3) is 0 Å². The second-order valence-electron chi connectivity index (χ2n) is 2.74. The summed E-state index contributed by atoms with van der Waals surface area (Å²) < 4.78 is 2.31. The number of halogens is 2. The van der Waals surface area contributed by atoms with E-state index >= 15 is 0 Å². The van der Waals surface area contributed by atoms with Crippen LogP contribution in [0.5, 0.6) is 0 Å². The predicted octanol–water partition coefficient (Wildman–Crippen LogP) is 3.51. The van der Waals surface area contributed by atoms with Gasteiger partial charge < -0.3 is 5.11 Å². The molecule has 1 nitrogen and oxygen atoms in total. The van der Waals surface area contributed by atoms with Crippen LogP contribution in [0.1, 0.15) is 18.1 Å². The van der Waals surface area contributed by atoms with E-state index < -0.39 is 6.10 Å². The minimum Gasteiger partial charge on any atom is -0.388 e. The molecule has 13 heavy (non-hydrogen) atoms. The van der Waals surface area contributed by atoms with Crippen LogP contribution in [0.3, 0.4) is 0 Å². The van der Waals surface area contributed by atoms with Crippen LogP contribution in [0.2, 0.25) is 0 Å². The Kier molecular flexibility index (Phi) is 4.68. The first-order valence-electron chi connectivity index (χ1n) is 3.88. The first-order valence-corrected chi connectivity index (χ1v) is 6.04. The molecule has 0 aromatic heterocycles. The Labute approximate surface area is 106 Å².